The zero-order chi connectivity index (χ0) is 19.4. The molecule has 138 valence electrons. The van der Waals surface area contributed by atoms with Gasteiger partial charge in [-0.2, -0.15) is 9.78 Å². The number of nitrogens with zero attached hydrogens (tertiary/aromatic N) is 2. The van der Waals surface area contributed by atoms with Crippen molar-refractivity contribution in [1.29, 1.82) is 0 Å². The van der Waals surface area contributed by atoms with E-state index in [0.29, 0.717) is 17.1 Å². The number of aryl methyl sites for hydroxylation is 1. The van der Waals surface area contributed by atoms with Crippen LogP contribution in [0.25, 0.3) is 5.69 Å². The van der Waals surface area contributed by atoms with Crippen LogP contribution in [-0.2, 0) is 0 Å². The zero-order valence-electron chi connectivity index (χ0n) is 15.2. The lowest BCUT2D eigenvalue weighted by Crippen LogP contribution is -2.26. The lowest BCUT2D eigenvalue weighted by atomic mass is 10.2. The van der Waals surface area contributed by atoms with Crippen molar-refractivity contribution in [3.8, 4) is 17.2 Å². The predicted octanol–water partition coefficient (Wildman–Crippen LogP) is 2.81. The van der Waals surface area contributed by atoms with Crippen molar-refractivity contribution in [2.24, 2.45) is 0 Å². The summed E-state index contributed by atoms with van der Waals surface area (Å²) in [5, 5.41) is 6.96. The molecule has 0 atom stereocenters. The lowest BCUT2D eigenvalue weighted by molar-refractivity contribution is 0.101. The summed E-state index contributed by atoms with van der Waals surface area (Å²) in [6.45, 7) is 1.95. The summed E-state index contributed by atoms with van der Waals surface area (Å²) >= 11 is 0. The van der Waals surface area contributed by atoms with E-state index < -0.39 is 11.5 Å². The van der Waals surface area contributed by atoms with E-state index in [4.69, 9.17) is 9.47 Å². The van der Waals surface area contributed by atoms with E-state index in [9.17, 15) is 9.59 Å². The van der Waals surface area contributed by atoms with E-state index in [2.05, 4.69) is 10.4 Å². The maximum Gasteiger partial charge on any atom is 0.280 e. The van der Waals surface area contributed by atoms with Crippen LogP contribution < -0.4 is 20.3 Å². The number of anilines is 1. The van der Waals surface area contributed by atoms with Crippen LogP contribution in [0.5, 0.6) is 11.5 Å². The smallest absolute Gasteiger partial charge is 0.280 e. The Labute approximate surface area is 156 Å². The number of benzene rings is 2. The number of ether oxygens (including phenoxy) is 2. The van der Waals surface area contributed by atoms with Crippen LogP contribution >= 0.6 is 0 Å². The Morgan fingerprint density at radius 3 is 2.44 bits per heavy atom. The topological polar surface area (TPSA) is 82.5 Å². The first-order chi connectivity index (χ1) is 13.0. The molecule has 7 nitrogen and oxygen atoms in total. The van der Waals surface area contributed by atoms with Crippen LogP contribution in [0.1, 0.15) is 16.1 Å². The minimum absolute atomic E-state index is 0.000458. The van der Waals surface area contributed by atoms with Crippen LogP contribution in [-0.4, -0.2) is 29.9 Å². The van der Waals surface area contributed by atoms with E-state index in [-0.39, 0.29) is 11.4 Å². The minimum atomic E-state index is -0.499. The molecule has 0 radical (unpaired) electrons. The molecule has 1 heterocycles. The molecule has 0 saturated carbocycles. The molecule has 3 rings (SSSR count). The SMILES string of the molecule is COc1cccc(NC(=O)c2nn(-c3ccc(C)cc3)c(=O)cc2OC)c1. The summed E-state index contributed by atoms with van der Waals surface area (Å²) in [6.07, 6.45) is 0. The van der Waals surface area contributed by atoms with Crippen LogP contribution in [0, 0.1) is 6.92 Å². The second-order valence-electron chi connectivity index (χ2n) is 5.83. The molecule has 0 spiro atoms. The molecule has 0 aliphatic carbocycles. The molecular weight excluding hydrogens is 346 g/mol. The van der Waals surface area contributed by atoms with E-state index in [0.717, 1.165) is 5.56 Å². The average Bonchev–Trinajstić information content (AvgIpc) is 2.68. The number of hydrogen-bond donors (Lipinski definition) is 1. The fraction of sp³-hybridized carbons (Fsp3) is 0.150. The molecular formula is C20H19N3O4. The van der Waals surface area contributed by atoms with Crippen LogP contribution in [0.2, 0.25) is 0 Å². The molecule has 2 aromatic carbocycles. The van der Waals surface area contributed by atoms with E-state index in [1.165, 1.54) is 17.9 Å². The van der Waals surface area contributed by atoms with Crippen molar-refractivity contribution in [3.05, 3.63) is 76.2 Å². The normalized spacial score (nSPS) is 10.3. The summed E-state index contributed by atoms with van der Waals surface area (Å²) in [5.41, 5.74) is 1.76. The summed E-state index contributed by atoms with van der Waals surface area (Å²) in [6, 6.07) is 15.4. The van der Waals surface area contributed by atoms with Crippen molar-refractivity contribution in [1.82, 2.24) is 9.78 Å². The number of amides is 1. The molecule has 1 aromatic heterocycles. The highest BCUT2D eigenvalue weighted by Crippen LogP contribution is 2.20. The van der Waals surface area contributed by atoms with Crippen molar-refractivity contribution in [2.45, 2.75) is 6.92 Å². The Balaban J connectivity index is 2.00. The van der Waals surface area contributed by atoms with Gasteiger partial charge in [-0.3, -0.25) is 9.59 Å². The molecule has 0 aliphatic heterocycles. The van der Waals surface area contributed by atoms with E-state index >= 15 is 0 Å². The van der Waals surface area contributed by atoms with Crippen LogP contribution in [0.15, 0.2) is 59.4 Å². The average molecular weight is 365 g/mol. The third-order valence-electron chi connectivity index (χ3n) is 3.94. The number of nitrogens with one attached hydrogen (secondary N) is 1. The summed E-state index contributed by atoms with van der Waals surface area (Å²) in [7, 11) is 2.93. The van der Waals surface area contributed by atoms with Crippen LogP contribution in [0.4, 0.5) is 5.69 Å². The van der Waals surface area contributed by atoms with E-state index in [1.54, 1.807) is 43.5 Å². The first-order valence-electron chi connectivity index (χ1n) is 8.22. The summed E-state index contributed by atoms with van der Waals surface area (Å²) in [4.78, 5) is 25.1. The largest absolute Gasteiger partial charge is 0.497 e. The molecule has 0 unspecified atom stereocenters. The third-order valence-corrected chi connectivity index (χ3v) is 3.94. The number of carbonyl (C=O) groups excluding carboxylic acids is 1. The molecule has 0 bridgehead atoms. The first kappa shape index (κ1) is 18.2. The Morgan fingerprint density at radius 1 is 1.04 bits per heavy atom. The fourth-order valence-electron chi connectivity index (χ4n) is 2.52. The predicted molar refractivity (Wildman–Crippen MR) is 102 cm³/mol. The number of aromatic nitrogens is 2. The van der Waals surface area contributed by atoms with Gasteiger partial charge in [0.2, 0.25) is 0 Å². The number of carbonyl (C=O) groups is 1. The molecule has 3 aromatic rings. The number of hydrogen-bond acceptors (Lipinski definition) is 5. The second kappa shape index (κ2) is 7.74. The summed E-state index contributed by atoms with van der Waals surface area (Å²) < 4.78 is 11.5. The Hall–Kier alpha value is -3.61. The zero-order valence-corrected chi connectivity index (χ0v) is 15.2. The maximum absolute atomic E-state index is 12.7. The minimum Gasteiger partial charge on any atom is -0.497 e. The highest BCUT2D eigenvalue weighted by molar-refractivity contribution is 6.04. The quantitative estimate of drug-likeness (QED) is 0.752. The number of methoxy groups -OCH3 is 2. The lowest BCUT2D eigenvalue weighted by Gasteiger charge is -2.12. The van der Waals surface area contributed by atoms with Gasteiger partial charge in [-0.05, 0) is 31.2 Å². The van der Waals surface area contributed by atoms with Crippen molar-refractivity contribution in [3.63, 3.8) is 0 Å². The molecule has 0 aliphatic rings. The number of rotatable bonds is 5. The van der Waals surface area contributed by atoms with Gasteiger partial charge in [0, 0.05) is 11.8 Å². The van der Waals surface area contributed by atoms with Gasteiger partial charge >= 0.3 is 0 Å². The van der Waals surface area contributed by atoms with Gasteiger partial charge in [0.05, 0.1) is 26.0 Å². The standard InChI is InChI=1S/C20H19N3O4/c1-13-7-9-15(10-8-13)23-18(24)12-17(27-3)19(22-23)20(25)21-14-5-4-6-16(11-14)26-2/h4-12H,1-3H3,(H,21,25). The molecule has 27 heavy (non-hydrogen) atoms. The maximum atomic E-state index is 12.7. The van der Waals surface area contributed by atoms with Crippen LogP contribution in [0.3, 0.4) is 0 Å². The molecule has 0 fully saturated rings. The first-order valence-corrected chi connectivity index (χ1v) is 8.22. The molecule has 1 N–H and O–H groups in total. The van der Waals surface area contributed by atoms with Gasteiger partial charge in [-0.15, -0.1) is 0 Å². The van der Waals surface area contributed by atoms with Gasteiger partial charge < -0.3 is 14.8 Å². The van der Waals surface area contributed by atoms with Crippen molar-refractivity contribution >= 4 is 11.6 Å². The highest BCUT2D eigenvalue weighted by atomic mass is 16.5. The fourth-order valence-corrected chi connectivity index (χ4v) is 2.52. The third kappa shape index (κ3) is 3.98. The molecule has 7 heteroatoms. The Morgan fingerprint density at radius 2 is 1.78 bits per heavy atom. The van der Waals surface area contributed by atoms with Crippen molar-refractivity contribution < 1.29 is 14.3 Å². The highest BCUT2D eigenvalue weighted by Gasteiger charge is 2.18. The molecule has 0 saturated heterocycles. The van der Waals surface area contributed by atoms with Gasteiger partial charge in [0.15, 0.2) is 11.4 Å². The van der Waals surface area contributed by atoms with Gasteiger partial charge in [-0.1, -0.05) is 23.8 Å². The van der Waals surface area contributed by atoms with E-state index in [1.807, 2.05) is 19.1 Å². The second-order valence-corrected chi connectivity index (χ2v) is 5.83. The Bertz CT molecular complexity index is 1030. The van der Waals surface area contributed by atoms with Gasteiger partial charge in [-0.25, -0.2) is 0 Å². The van der Waals surface area contributed by atoms with Gasteiger partial charge in [0.1, 0.15) is 5.75 Å². The van der Waals surface area contributed by atoms with Gasteiger partial charge in [0.25, 0.3) is 11.5 Å². The Kier molecular flexibility index (Phi) is 5.21. The summed E-state index contributed by atoms with van der Waals surface area (Å²) in [5.74, 6) is 0.210. The van der Waals surface area contributed by atoms with Crippen molar-refractivity contribution in [2.75, 3.05) is 19.5 Å². The monoisotopic (exact) mass is 365 g/mol. The molecule has 1 amide bonds.